The molecular weight excluding hydrogens is 615 g/mol. The second-order valence-corrected chi connectivity index (χ2v) is 12.9. The molecule has 0 saturated carbocycles. The molecule has 51 heavy (non-hydrogen) atoms. The van der Waals surface area contributed by atoms with Gasteiger partial charge in [-0.05, 0) is 102 Å². The fourth-order valence-electron chi connectivity index (χ4n) is 7.35. The molecule has 9 rings (SSSR count). The third-order valence-electron chi connectivity index (χ3n) is 9.91. The molecule has 0 atom stereocenters. The Bertz CT molecular complexity index is 2500. The average Bonchev–Trinajstić information content (AvgIpc) is 3.22. The van der Waals surface area contributed by atoms with E-state index in [1.54, 1.807) is 0 Å². The Morgan fingerprint density at radius 3 is 1.14 bits per heavy atom. The summed E-state index contributed by atoms with van der Waals surface area (Å²) < 4.78 is 0. The minimum Gasteiger partial charge on any atom is -0.311 e. The van der Waals surface area contributed by atoms with Crippen LogP contribution in [-0.4, -0.2) is 0 Å². The minimum absolute atomic E-state index is 1.11. The van der Waals surface area contributed by atoms with E-state index >= 15 is 0 Å². The van der Waals surface area contributed by atoms with Crippen molar-refractivity contribution in [3.63, 3.8) is 0 Å². The van der Waals surface area contributed by atoms with Crippen LogP contribution < -0.4 is 4.90 Å². The van der Waals surface area contributed by atoms with Crippen molar-refractivity contribution >= 4 is 38.6 Å². The second-order valence-electron chi connectivity index (χ2n) is 12.9. The van der Waals surface area contributed by atoms with E-state index in [0.717, 1.165) is 17.1 Å². The van der Waals surface area contributed by atoms with Gasteiger partial charge in [0, 0.05) is 17.1 Å². The lowest BCUT2D eigenvalue weighted by Crippen LogP contribution is -2.09. The lowest BCUT2D eigenvalue weighted by atomic mass is 9.90. The zero-order valence-corrected chi connectivity index (χ0v) is 28.2. The fraction of sp³-hybridized carbons (Fsp3) is 0. The molecule has 0 aliphatic heterocycles. The van der Waals surface area contributed by atoms with Gasteiger partial charge in [0.2, 0.25) is 0 Å². The van der Waals surface area contributed by atoms with Crippen molar-refractivity contribution in [2.45, 2.75) is 0 Å². The normalized spacial score (nSPS) is 11.1. The molecule has 0 amide bonds. The van der Waals surface area contributed by atoms with Gasteiger partial charge >= 0.3 is 0 Å². The van der Waals surface area contributed by atoms with Crippen molar-refractivity contribution in [1.29, 1.82) is 0 Å². The molecular formula is C50H35N. The monoisotopic (exact) mass is 649 g/mol. The predicted octanol–water partition coefficient (Wildman–Crippen LogP) is 14.1. The highest BCUT2D eigenvalue weighted by molar-refractivity contribution is 6.09. The average molecular weight is 650 g/mol. The zero-order chi connectivity index (χ0) is 34.0. The van der Waals surface area contributed by atoms with Crippen LogP contribution in [0.25, 0.3) is 66.1 Å². The zero-order valence-electron chi connectivity index (χ0n) is 28.2. The Hall–Kier alpha value is -6.70. The summed E-state index contributed by atoms with van der Waals surface area (Å²) in [4.78, 5) is 2.34. The van der Waals surface area contributed by atoms with Gasteiger partial charge in [-0.1, -0.05) is 176 Å². The van der Waals surface area contributed by atoms with Gasteiger partial charge in [0.25, 0.3) is 0 Å². The third-order valence-corrected chi connectivity index (χ3v) is 9.91. The van der Waals surface area contributed by atoms with Gasteiger partial charge in [0.15, 0.2) is 0 Å². The van der Waals surface area contributed by atoms with Gasteiger partial charge in [-0.25, -0.2) is 0 Å². The van der Waals surface area contributed by atoms with E-state index in [-0.39, 0.29) is 0 Å². The molecule has 0 bridgehead atoms. The van der Waals surface area contributed by atoms with Gasteiger partial charge in [0.05, 0.1) is 0 Å². The molecule has 0 aliphatic carbocycles. The summed E-state index contributed by atoms with van der Waals surface area (Å²) in [5.74, 6) is 0. The smallest absolute Gasteiger partial charge is 0.0462 e. The highest BCUT2D eigenvalue weighted by Gasteiger charge is 2.16. The summed E-state index contributed by atoms with van der Waals surface area (Å²) >= 11 is 0. The number of anilines is 3. The Morgan fingerprint density at radius 1 is 0.216 bits per heavy atom. The van der Waals surface area contributed by atoms with Crippen molar-refractivity contribution < 1.29 is 0 Å². The molecule has 0 unspecified atom stereocenters. The van der Waals surface area contributed by atoms with Gasteiger partial charge < -0.3 is 4.90 Å². The third kappa shape index (κ3) is 5.86. The molecule has 1 nitrogen and oxygen atoms in total. The van der Waals surface area contributed by atoms with Crippen LogP contribution in [0.1, 0.15) is 0 Å². The van der Waals surface area contributed by atoms with Crippen LogP contribution in [0.15, 0.2) is 212 Å². The van der Waals surface area contributed by atoms with Crippen LogP contribution in [0.2, 0.25) is 0 Å². The van der Waals surface area contributed by atoms with Gasteiger partial charge in [-0.3, -0.25) is 0 Å². The molecule has 0 aromatic heterocycles. The van der Waals surface area contributed by atoms with E-state index in [9.17, 15) is 0 Å². The van der Waals surface area contributed by atoms with Crippen molar-refractivity contribution in [1.82, 2.24) is 0 Å². The van der Waals surface area contributed by atoms with E-state index < -0.39 is 0 Å². The molecule has 1 heteroatoms. The SMILES string of the molecule is c1ccc(-c2ccc(N(c3ccc(-c4ccccc4)cc3)c3ccc(-c4ccc(-c5cccc6ccccc56)c5ccccc45)cc3)cc2)cc1. The molecule has 0 aliphatic rings. The maximum atomic E-state index is 2.34. The first kappa shape index (κ1) is 30.4. The molecule has 9 aromatic carbocycles. The topological polar surface area (TPSA) is 3.24 Å². The summed E-state index contributed by atoms with van der Waals surface area (Å²) in [6.07, 6.45) is 0. The van der Waals surface area contributed by atoms with E-state index in [0.29, 0.717) is 0 Å². The fourth-order valence-corrected chi connectivity index (χ4v) is 7.35. The molecule has 0 radical (unpaired) electrons. The van der Waals surface area contributed by atoms with Crippen LogP contribution in [0, 0.1) is 0 Å². The Kier molecular flexibility index (Phi) is 7.92. The number of rotatable bonds is 7. The molecule has 0 N–H and O–H groups in total. The summed E-state index contributed by atoms with van der Waals surface area (Å²) in [5, 5.41) is 5.04. The van der Waals surface area contributed by atoms with Crippen LogP contribution in [0.4, 0.5) is 17.1 Å². The highest BCUT2D eigenvalue weighted by atomic mass is 15.1. The van der Waals surface area contributed by atoms with Gasteiger partial charge in [-0.15, -0.1) is 0 Å². The largest absolute Gasteiger partial charge is 0.311 e. The number of fused-ring (bicyclic) bond motifs is 2. The molecule has 0 fully saturated rings. The predicted molar refractivity (Wildman–Crippen MR) is 218 cm³/mol. The van der Waals surface area contributed by atoms with Crippen molar-refractivity contribution in [2.24, 2.45) is 0 Å². The quantitative estimate of drug-likeness (QED) is 0.166. The molecule has 0 saturated heterocycles. The standard InChI is InChI=1S/C50H35N/c1-3-12-36(13-4-1)38-22-28-42(29-23-38)51(43-30-24-39(25-31-43)37-14-5-2-6-15-37)44-32-26-41(27-33-44)46-34-35-50(49-20-10-9-19-47(46)49)48-21-11-17-40-16-7-8-18-45(40)48/h1-35H. The highest BCUT2D eigenvalue weighted by Crippen LogP contribution is 2.41. The van der Waals surface area contributed by atoms with Crippen LogP contribution >= 0.6 is 0 Å². The van der Waals surface area contributed by atoms with Crippen LogP contribution in [-0.2, 0) is 0 Å². The van der Waals surface area contributed by atoms with Crippen molar-refractivity contribution in [2.75, 3.05) is 4.90 Å². The minimum atomic E-state index is 1.11. The summed E-state index contributed by atoms with van der Waals surface area (Å²) in [5.41, 5.74) is 13.1. The first-order valence-electron chi connectivity index (χ1n) is 17.5. The first-order valence-corrected chi connectivity index (χ1v) is 17.5. The molecule has 0 heterocycles. The first-order chi connectivity index (χ1) is 25.3. The molecule has 240 valence electrons. The maximum Gasteiger partial charge on any atom is 0.0462 e. The summed E-state index contributed by atoms with van der Waals surface area (Å²) in [6, 6.07) is 76.5. The Morgan fingerprint density at radius 2 is 0.588 bits per heavy atom. The van der Waals surface area contributed by atoms with Crippen LogP contribution in [0.3, 0.4) is 0 Å². The molecule has 0 spiro atoms. The summed E-state index contributed by atoms with van der Waals surface area (Å²) in [6.45, 7) is 0. The maximum absolute atomic E-state index is 2.34. The summed E-state index contributed by atoms with van der Waals surface area (Å²) in [7, 11) is 0. The van der Waals surface area contributed by atoms with Crippen LogP contribution in [0.5, 0.6) is 0 Å². The number of hydrogen-bond donors (Lipinski definition) is 0. The Balaban J connectivity index is 1.11. The second kappa shape index (κ2) is 13.3. The van der Waals surface area contributed by atoms with Crippen molar-refractivity contribution in [3.05, 3.63) is 212 Å². The molecule has 9 aromatic rings. The number of hydrogen-bond acceptors (Lipinski definition) is 1. The van der Waals surface area contributed by atoms with E-state index in [1.807, 2.05) is 0 Å². The van der Waals surface area contributed by atoms with Crippen molar-refractivity contribution in [3.8, 4) is 44.5 Å². The lowest BCUT2D eigenvalue weighted by Gasteiger charge is -2.26. The number of benzene rings is 9. The number of nitrogens with zero attached hydrogens (tertiary/aromatic N) is 1. The van der Waals surface area contributed by atoms with Gasteiger partial charge in [0.1, 0.15) is 0 Å². The van der Waals surface area contributed by atoms with Gasteiger partial charge in [-0.2, -0.15) is 0 Å². The lowest BCUT2D eigenvalue weighted by molar-refractivity contribution is 1.28. The van der Waals surface area contributed by atoms with E-state index in [1.165, 1.54) is 66.1 Å². The van der Waals surface area contributed by atoms with E-state index in [4.69, 9.17) is 0 Å². The van der Waals surface area contributed by atoms with E-state index in [2.05, 4.69) is 217 Å². The Labute approximate surface area is 299 Å².